The first-order valence-electron chi connectivity index (χ1n) is 10.3. The fraction of sp³-hybridized carbons (Fsp3) is 0.167. The van der Waals surface area contributed by atoms with E-state index in [0.29, 0.717) is 39.4 Å². The summed E-state index contributed by atoms with van der Waals surface area (Å²) in [6.45, 7) is 2.68. The third-order valence-corrected chi connectivity index (χ3v) is 5.03. The van der Waals surface area contributed by atoms with Gasteiger partial charge in [0, 0.05) is 36.0 Å². The van der Waals surface area contributed by atoms with Gasteiger partial charge in [-0.2, -0.15) is 5.10 Å². The van der Waals surface area contributed by atoms with Gasteiger partial charge >= 0.3 is 5.97 Å². The smallest absolute Gasteiger partial charge is 0.335 e. The van der Waals surface area contributed by atoms with Crippen LogP contribution in [-0.4, -0.2) is 38.9 Å². The van der Waals surface area contributed by atoms with E-state index in [-0.39, 0.29) is 17.9 Å². The van der Waals surface area contributed by atoms with Gasteiger partial charge in [0.15, 0.2) is 0 Å². The number of aromatic nitrogens is 3. The first-order valence-corrected chi connectivity index (χ1v) is 10.3. The Balaban J connectivity index is 1.54. The van der Waals surface area contributed by atoms with Crippen LogP contribution in [0.4, 0.5) is 5.69 Å². The van der Waals surface area contributed by atoms with Crippen LogP contribution in [0.15, 0.2) is 61.1 Å². The molecule has 168 valence electrons. The quantitative estimate of drug-likeness (QED) is 0.418. The number of fused-ring (bicyclic) bond motifs is 1. The third kappa shape index (κ3) is 4.93. The Kier molecular flexibility index (Phi) is 6.21. The Labute approximate surface area is 189 Å². The zero-order chi connectivity index (χ0) is 23.4. The fourth-order valence-corrected chi connectivity index (χ4v) is 3.38. The van der Waals surface area contributed by atoms with Crippen LogP contribution in [0, 0.1) is 0 Å². The molecule has 2 aromatic carbocycles. The van der Waals surface area contributed by atoms with Crippen molar-refractivity contribution in [1.29, 1.82) is 0 Å². The molecule has 0 aliphatic heterocycles. The van der Waals surface area contributed by atoms with E-state index >= 15 is 0 Å². The highest BCUT2D eigenvalue weighted by Gasteiger charge is 2.13. The van der Waals surface area contributed by atoms with E-state index in [1.807, 2.05) is 6.92 Å². The number of amides is 1. The predicted octanol–water partition coefficient (Wildman–Crippen LogP) is 4.13. The number of aromatic carboxylic acids is 1. The number of methoxy groups -OCH3 is 1. The van der Waals surface area contributed by atoms with Crippen LogP contribution < -0.4 is 14.8 Å². The highest BCUT2D eigenvalue weighted by Crippen LogP contribution is 2.32. The molecule has 0 unspecified atom stereocenters. The molecule has 9 heteroatoms. The largest absolute Gasteiger partial charge is 0.496 e. The van der Waals surface area contributed by atoms with Crippen molar-refractivity contribution in [2.75, 3.05) is 12.4 Å². The lowest BCUT2D eigenvalue weighted by molar-refractivity contribution is -0.115. The van der Waals surface area contributed by atoms with Crippen molar-refractivity contribution in [1.82, 2.24) is 14.8 Å². The molecule has 0 atom stereocenters. The Morgan fingerprint density at radius 2 is 1.97 bits per heavy atom. The Morgan fingerprint density at radius 3 is 2.70 bits per heavy atom. The molecule has 9 nitrogen and oxygen atoms in total. The summed E-state index contributed by atoms with van der Waals surface area (Å²) in [5.74, 6) is 0.213. The van der Waals surface area contributed by atoms with Gasteiger partial charge in [0.1, 0.15) is 17.2 Å². The minimum atomic E-state index is -1.03. The van der Waals surface area contributed by atoms with E-state index in [0.717, 1.165) is 6.54 Å². The summed E-state index contributed by atoms with van der Waals surface area (Å²) in [5.41, 5.74) is 2.08. The molecule has 33 heavy (non-hydrogen) atoms. The molecule has 4 rings (SSSR count). The van der Waals surface area contributed by atoms with E-state index in [4.69, 9.17) is 9.47 Å². The first kappa shape index (κ1) is 21.8. The van der Waals surface area contributed by atoms with Gasteiger partial charge in [0.25, 0.3) is 0 Å². The third-order valence-electron chi connectivity index (χ3n) is 5.03. The van der Waals surface area contributed by atoms with Crippen molar-refractivity contribution in [2.24, 2.45) is 0 Å². The summed E-state index contributed by atoms with van der Waals surface area (Å²) >= 11 is 0. The Bertz CT molecular complexity index is 1330. The van der Waals surface area contributed by atoms with E-state index in [2.05, 4.69) is 15.4 Å². The maximum absolute atomic E-state index is 12.5. The topological polar surface area (TPSA) is 116 Å². The molecule has 2 heterocycles. The predicted molar refractivity (Wildman–Crippen MR) is 122 cm³/mol. The fourth-order valence-electron chi connectivity index (χ4n) is 3.38. The minimum absolute atomic E-state index is 0.112. The Morgan fingerprint density at radius 1 is 1.12 bits per heavy atom. The van der Waals surface area contributed by atoms with Crippen molar-refractivity contribution in [2.45, 2.75) is 19.9 Å². The second kappa shape index (κ2) is 9.39. The highest BCUT2D eigenvalue weighted by atomic mass is 16.5. The number of carboxylic acid groups (broad SMARTS) is 1. The maximum atomic E-state index is 12.5. The molecule has 0 saturated heterocycles. The lowest BCUT2D eigenvalue weighted by Gasteiger charge is -2.13. The molecule has 4 aromatic rings. The van der Waals surface area contributed by atoms with Crippen LogP contribution in [0.1, 0.15) is 22.8 Å². The molecule has 0 fully saturated rings. The summed E-state index contributed by atoms with van der Waals surface area (Å²) < 4.78 is 13.2. The van der Waals surface area contributed by atoms with Gasteiger partial charge in [-0.15, -0.1) is 0 Å². The summed E-state index contributed by atoms with van der Waals surface area (Å²) in [6.07, 6.45) is 5.07. The standard InChI is InChI=1S/C24H22N4O5/c1-3-28-14-17(13-26-28)27-23(29)11-15-4-6-18(12-22(15)32-2)33-21-8-9-25-20-7-5-16(24(30)31)10-19(20)21/h4-10,12-14H,3,11H2,1-2H3,(H,27,29)(H,30,31). The van der Waals surface area contributed by atoms with Crippen LogP contribution >= 0.6 is 0 Å². The number of hydrogen-bond donors (Lipinski definition) is 2. The SMILES string of the molecule is CCn1cc(NC(=O)Cc2ccc(Oc3ccnc4ccc(C(=O)O)cc34)cc2OC)cn1. The van der Waals surface area contributed by atoms with Gasteiger partial charge in [-0.25, -0.2) is 4.79 Å². The monoisotopic (exact) mass is 446 g/mol. The van der Waals surface area contributed by atoms with Crippen molar-refractivity contribution < 1.29 is 24.2 Å². The number of benzene rings is 2. The van der Waals surface area contributed by atoms with Crippen molar-refractivity contribution >= 4 is 28.5 Å². The molecule has 2 N–H and O–H groups in total. The summed E-state index contributed by atoms with van der Waals surface area (Å²) in [7, 11) is 1.52. The average molecular weight is 446 g/mol. The minimum Gasteiger partial charge on any atom is -0.496 e. The van der Waals surface area contributed by atoms with Crippen molar-refractivity contribution in [3.63, 3.8) is 0 Å². The number of nitrogens with one attached hydrogen (secondary N) is 1. The van der Waals surface area contributed by atoms with E-state index in [1.54, 1.807) is 53.6 Å². The van der Waals surface area contributed by atoms with Crippen molar-refractivity contribution in [3.05, 3.63) is 72.2 Å². The number of ether oxygens (including phenoxy) is 2. The van der Waals surface area contributed by atoms with Crippen molar-refractivity contribution in [3.8, 4) is 17.2 Å². The maximum Gasteiger partial charge on any atom is 0.335 e. The summed E-state index contributed by atoms with van der Waals surface area (Å²) in [5, 5.41) is 16.8. The number of pyridine rings is 1. The van der Waals surface area contributed by atoms with Gasteiger partial charge in [-0.1, -0.05) is 6.07 Å². The highest BCUT2D eigenvalue weighted by molar-refractivity contribution is 5.95. The molecule has 2 aromatic heterocycles. The number of carboxylic acids is 1. The summed E-state index contributed by atoms with van der Waals surface area (Å²) in [4.78, 5) is 28.1. The molecule has 0 spiro atoms. The number of anilines is 1. The van der Waals surface area contributed by atoms with Crippen LogP contribution in [-0.2, 0) is 17.8 Å². The summed E-state index contributed by atoms with van der Waals surface area (Å²) in [6, 6.07) is 11.5. The van der Waals surface area contributed by atoms with Crippen LogP contribution in [0.3, 0.4) is 0 Å². The number of nitrogens with zero attached hydrogens (tertiary/aromatic N) is 3. The second-order valence-corrected chi connectivity index (χ2v) is 7.23. The van der Waals surface area contributed by atoms with E-state index < -0.39 is 5.97 Å². The van der Waals surface area contributed by atoms with E-state index in [9.17, 15) is 14.7 Å². The van der Waals surface area contributed by atoms with Gasteiger partial charge < -0.3 is 19.9 Å². The lowest BCUT2D eigenvalue weighted by Crippen LogP contribution is -2.14. The van der Waals surface area contributed by atoms with E-state index in [1.165, 1.54) is 19.2 Å². The lowest BCUT2D eigenvalue weighted by atomic mass is 10.1. The molecular formula is C24H22N4O5. The molecular weight excluding hydrogens is 424 g/mol. The van der Waals surface area contributed by atoms with Crippen LogP contribution in [0.5, 0.6) is 17.2 Å². The molecule has 0 radical (unpaired) electrons. The second-order valence-electron chi connectivity index (χ2n) is 7.23. The van der Waals surface area contributed by atoms with Gasteiger partial charge in [0.05, 0.1) is 36.5 Å². The molecule has 1 amide bonds. The zero-order valence-corrected chi connectivity index (χ0v) is 18.1. The number of carbonyl (C=O) groups is 2. The normalized spacial score (nSPS) is 10.7. The van der Waals surface area contributed by atoms with Gasteiger partial charge in [0.2, 0.25) is 5.91 Å². The average Bonchev–Trinajstić information content (AvgIpc) is 3.27. The first-order chi connectivity index (χ1) is 16.0. The van der Waals surface area contributed by atoms with Gasteiger partial charge in [-0.05, 0) is 37.3 Å². The molecule has 0 saturated carbocycles. The van der Waals surface area contributed by atoms with Crippen LogP contribution in [0.25, 0.3) is 10.9 Å². The number of carbonyl (C=O) groups excluding carboxylic acids is 1. The Hall–Kier alpha value is -4.40. The molecule has 0 aliphatic carbocycles. The molecule has 0 aliphatic rings. The van der Waals surface area contributed by atoms with Gasteiger partial charge in [-0.3, -0.25) is 14.5 Å². The molecule has 0 bridgehead atoms. The number of hydrogen-bond acceptors (Lipinski definition) is 6. The number of aryl methyl sites for hydroxylation is 1. The zero-order valence-electron chi connectivity index (χ0n) is 18.1. The van der Waals surface area contributed by atoms with Crippen LogP contribution in [0.2, 0.25) is 0 Å². The number of rotatable bonds is 8.